The Morgan fingerprint density at radius 1 is 1.55 bits per heavy atom. The fourth-order valence-electron chi connectivity index (χ4n) is 1.06. The van der Waals surface area contributed by atoms with Gasteiger partial charge in [-0.1, -0.05) is 13.3 Å². The predicted octanol–water partition coefficient (Wildman–Crippen LogP) is 0.803. The molecule has 1 unspecified atom stereocenters. The van der Waals surface area contributed by atoms with Crippen LogP contribution in [0.15, 0.2) is 0 Å². The summed E-state index contributed by atoms with van der Waals surface area (Å²) in [5, 5.41) is 9.56. The van der Waals surface area contributed by atoms with Gasteiger partial charge in [-0.05, 0) is 19.8 Å². The Bertz CT molecular complexity index is 132. The average molecular weight is 159 g/mol. The smallest absolute Gasteiger partial charge is 0.217 e. The Morgan fingerprint density at radius 3 is 2.45 bits per heavy atom. The molecule has 1 amide bonds. The van der Waals surface area contributed by atoms with Crippen molar-refractivity contribution in [3.63, 3.8) is 0 Å². The molecule has 0 heterocycles. The number of carbonyl (C=O) groups excluding carboxylic acids is 1. The van der Waals surface area contributed by atoms with Crippen molar-refractivity contribution < 1.29 is 9.90 Å². The molecule has 0 aromatic heterocycles. The summed E-state index contributed by atoms with van der Waals surface area (Å²) < 4.78 is 0. The maximum Gasteiger partial charge on any atom is 0.217 e. The second-order valence-electron chi connectivity index (χ2n) is 3.21. The maximum absolute atomic E-state index is 10.4. The van der Waals surface area contributed by atoms with Gasteiger partial charge in [0.15, 0.2) is 0 Å². The topological polar surface area (TPSA) is 63.3 Å². The van der Waals surface area contributed by atoms with Gasteiger partial charge in [0, 0.05) is 6.42 Å². The average Bonchev–Trinajstić information content (AvgIpc) is 1.84. The zero-order valence-electron chi connectivity index (χ0n) is 7.26. The number of primary amides is 1. The predicted molar refractivity (Wildman–Crippen MR) is 44.0 cm³/mol. The summed E-state index contributed by atoms with van der Waals surface area (Å²) in [7, 11) is 0. The minimum absolute atomic E-state index is 0.271. The Kier molecular flexibility index (Phi) is 4.11. The Morgan fingerprint density at radius 2 is 2.09 bits per heavy atom. The molecule has 0 spiro atoms. The van der Waals surface area contributed by atoms with Crippen molar-refractivity contribution in [1.82, 2.24) is 0 Å². The molecule has 0 saturated carbocycles. The molecular weight excluding hydrogens is 142 g/mol. The number of hydrogen-bond donors (Lipinski definition) is 2. The highest BCUT2D eigenvalue weighted by Gasteiger charge is 2.19. The van der Waals surface area contributed by atoms with Crippen LogP contribution in [0, 0.1) is 0 Å². The molecule has 0 aromatic rings. The van der Waals surface area contributed by atoms with Crippen LogP contribution in [0.25, 0.3) is 0 Å². The van der Waals surface area contributed by atoms with E-state index in [1.54, 1.807) is 6.92 Å². The van der Waals surface area contributed by atoms with Crippen LogP contribution in [-0.2, 0) is 4.79 Å². The third-order valence-electron chi connectivity index (χ3n) is 1.70. The standard InChI is InChI=1S/C8H17NO2/c1-3-5-8(2,11)6-4-7(9)10/h11H,3-6H2,1-2H3,(H2,9,10). The molecule has 0 rings (SSSR count). The van der Waals surface area contributed by atoms with E-state index in [2.05, 4.69) is 0 Å². The van der Waals surface area contributed by atoms with Crippen LogP contribution in [0.5, 0.6) is 0 Å². The summed E-state index contributed by atoms with van der Waals surface area (Å²) in [6.07, 6.45) is 2.38. The van der Waals surface area contributed by atoms with Crippen LogP contribution < -0.4 is 5.73 Å². The van der Waals surface area contributed by atoms with Crippen molar-refractivity contribution in [2.75, 3.05) is 0 Å². The number of aliphatic hydroxyl groups is 1. The van der Waals surface area contributed by atoms with Crippen molar-refractivity contribution in [3.05, 3.63) is 0 Å². The summed E-state index contributed by atoms with van der Waals surface area (Å²) in [5.41, 5.74) is 4.23. The van der Waals surface area contributed by atoms with Gasteiger partial charge in [-0.2, -0.15) is 0 Å². The molecule has 1 atom stereocenters. The van der Waals surface area contributed by atoms with E-state index in [9.17, 15) is 9.90 Å². The highest BCUT2D eigenvalue weighted by Crippen LogP contribution is 2.17. The van der Waals surface area contributed by atoms with E-state index in [0.717, 1.165) is 12.8 Å². The van der Waals surface area contributed by atoms with Gasteiger partial charge in [0.1, 0.15) is 0 Å². The van der Waals surface area contributed by atoms with E-state index in [0.29, 0.717) is 6.42 Å². The van der Waals surface area contributed by atoms with E-state index in [4.69, 9.17) is 5.73 Å². The van der Waals surface area contributed by atoms with E-state index in [1.165, 1.54) is 0 Å². The van der Waals surface area contributed by atoms with Gasteiger partial charge in [0.25, 0.3) is 0 Å². The molecule has 0 radical (unpaired) electrons. The lowest BCUT2D eigenvalue weighted by Crippen LogP contribution is -2.26. The SMILES string of the molecule is CCCC(C)(O)CCC(N)=O. The van der Waals surface area contributed by atoms with Crippen molar-refractivity contribution in [1.29, 1.82) is 0 Å². The van der Waals surface area contributed by atoms with Crippen molar-refractivity contribution in [2.45, 2.75) is 45.1 Å². The molecule has 3 heteroatoms. The van der Waals surface area contributed by atoms with Gasteiger partial charge in [0.2, 0.25) is 5.91 Å². The molecule has 0 saturated heterocycles. The fraction of sp³-hybridized carbons (Fsp3) is 0.875. The molecule has 3 N–H and O–H groups in total. The minimum atomic E-state index is -0.718. The van der Waals surface area contributed by atoms with Crippen molar-refractivity contribution >= 4 is 5.91 Å². The molecule has 0 aromatic carbocycles. The lowest BCUT2D eigenvalue weighted by Gasteiger charge is -2.21. The van der Waals surface area contributed by atoms with Gasteiger partial charge in [-0.25, -0.2) is 0 Å². The van der Waals surface area contributed by atoms with E-state index < -0.39 is 5.60 Å². The van der Waals surface area contributed by atoms with E-state index >= 15 is 0 Å². The van der Waals surface area contributed by atoms with Gasteiger partial charge in [0.05, 0.1) is 5.60 Å². The first-order chi connectivity index (χ1) is 4.98. The van der Waals surface area contributed by atoms with Crippen molar-refractivity contribution in [3.8, 4) is 0 Å². The van der Waals surface area contributed by atoms with Gasteiger partial charge in [-0.3, -0.25) is 4.79 Å². The van der Waals surface area contributed by atoms with E-state index in [-0.39, 0.29) is 12.3 Å². The third-order valence-corrected chi connectivity index (χ3v) is 1.70. The van der Waals surface area contributed by atoms with Crippen LogP contribution in [0.2, 0.25) is 0 Å². The lowest BCUT2D eigenvalue weighted by atomic mass is 9.95. The number of carbonyl (C=O) groups is 1. The molecule has 0 aliphatic rings. The molecular formula is C8H17NO2. The molecule has 0 bridgehead atoms. The Labute approximate surface area is 67.6 Å². The summed E-state index contributed by atoms with van der Waals surface area (Å²) >= 11 is 0. The number of amides is 1. The second kappa shape index (κ2) is 4.34. The normalized spacial score (nSPS) is 15.9. The molecule has 0 aliphatic heterocycles. The number of nitrogens with two attached hydrogens (primary N) is 1. The third kappa shape index (κ3) is 5.85. The second-order valence-corrected chi connectivity index (χ2v) is 3.21. The van der Waals surface area contributed by atoms with E-state index in [1.807, 2.05) is 6.92 Å². The highest BCUT2D eigenvalue weighted by molar-refractivity contribution is 5.73. The largest absolute Gasteiger partial charge is 0.390 e. The van der Waals surface area contributed by atoms with Gasteiger partial charge >= 0.3 is 0 Å². The summed E-state index contributed by atoms with van der Waals surface area (Å²) in [4.78, 5) is 10.4. The summed E-state index contributed by atoms with van der Waals surface area (Å²) in [6, 6.07) is 0. The first-order valence-corrected chi connectivity index (χ1v) is 3.98. The number of rotatable bonds is 5. The van der Waals surface area contributed by atoms with Crippen LogP contribution in [0.4, 0.5) is 0 Å². The fourth-order valence-corrected chi connectivity index (χ4v) is 1.06. The Balaban J connectivity index is 3.63. The lowest BCUT2D eigenvalue weighted by molar-refractivity contribution is -0.119. The molecule has 0 fully saturated rings. The summed E-state index contributed by atoms with van der Waals surface area (Å²) in [5.74, 6) is -0.346. The zero-order chi connectivity index (χ0) is 8.91. The summed E-state index contributed by atoms with van der Waals surface area (Å²) in [6.45, 7) is 3.73. The highest BCUT2D eigenvalue weighted by atomic mass is 16.3. The minimum Gasteiger partial charge on any atom is -0.390 e. The zero-order valence-corrected chi connectivity index (χ0v) is 7.26. The quantitative estimate of drug-likeness (QED) is 0.623. The molecule has 0 aliphatic carbocycles. The van der Waals surface area contributed by atoms with Crippen LogP contribution in [0.3, 0.4) is 0 Å². The van der Waals surface area contributed by atoms with Crippen LogP contribution in [0.1, 0.15) is 39.5 Å². The molecule has 66 valence electrons. The van der Waals surface area contributed by atoms with Crippen molar-refractivity contribution in [2.24, 2.45) is 5.73 Å². The first-order valence-electron chi connectivity index (χ1n) is 3.98. The van der Waals surface area contributed by atoms with Gasteiger partial charge < -0.3 is 10.8 Å². The van der Waals surface area contributed by atoms with Gasteiger partial charge in [-0.15, -0.1) is 0 Å². The molecule has 11 heavy (non-hydrogen) atoms. The monoisotopic (exact) mass is 159 g/mol. The Hall–Kier alpha value is -0.570. The maximum atomic E-state index is 10.4. The number of hydrogen-bond acceptors (Lipinski definition) is 2. The first kappa shape index (κ1) is 10.4. The molecule has 3 nitrogen and oxygen atoms in total. The van der Waals surface area contributed by atoms with Crippen LogP contribution >= 0.6 is 0 Å². The van der Waals surface area contributed by atoms with Crippen LogP contribution in [-0.4, -0.2) is 16.6 Å².